The highest BCUT2D eigenvalue weighted by Crippen LogP contribution is 2.35. The van der Waals surface area contributed by atoms with Crippen LogP contribution >= 0.6 is 23.2 Å². The minimum absolute atomic E-state index is 0.334. The maximum Gasteiger partial charge on any atom is 0.124 e. The summed E-state index contributed by atoms with van der Waals surface area (Å²) in [6.07, 6.45) is 2.80. The van der Waals surface area contributed by atoms with Gasteiger partial charge in [-0.1, -0.05) is 41.4 Å². The number of fused-ring (bicyclic) bond motifs is 2. The predicted octanol–water partition coefficient (Wildman–Crippen LogP) is 6.55. The highest BCUT2D eigenvalue weighted by atomic mass is 35.5. The van der Waals surface area contributed by atoms with Gasteiger partial charge in [0.1, 0.15) is 17.5 Å². The Kier molecular flexibility index (Phi) is 4.42. The summed E-state index contributed by atoms with van der Waals surface area (Å²) in [7, 11) is 0. The van der Waals surface area contributed by atoms with Crippen LogP contribution in [0, 0.1) is 0 Å². The molecular formula is C22H16Cl2N4O. The Balaban J connectivity index is 1.52. The van der Waals surface area contributed by atoms with E-state index in [1.54, 1.807) is 12.4 Å². The quantitative estimate of drug-likeness (QED) is 0.344. The number of nitrogens with zero attached hydrogens (tertiary/aromatic N) is 2. The summed E-state index contributed by atoms with van der Waals surface area (Å²) in [5.41, 5.74) is 4.50. The molecule has 0 aliphatic carbocycles. The molecule has 2 aromatic carbocycles. The van der Waals surface area contributed by atoms with E-state index >= 15 is 0 Å². The lowest BCUT2D eigenvalue weighted by Gasteiger charge is -2.17. The van der Waals surface area contributed by atoms with Gasteiger partial charge < -0.3 is 9.72 Å². The molecule has 1 atom stereocenters. The summed E-state index contributed by atoms with van der Waals surface area (Å²) in [5, 5.41) is 10.7. The fourth-order valence-electron chi connectivity index (χ4n) is 3.55. The topological polar surface area (TPSA) is 66.6 Å². The number of para-hydroxylation sites is 1. The van der Waals surface area contributed by atoms with E-state index in [-0.39, 0.29) is 6.10 Å². The first kappa shape index (κ1) is 18.0. The average Bonchev–Trinajstić information content (AvgIpc) is 3.31. The summed E-state index contributed by atoms with van der Waals surface area (Å²) >= 11 is 12.5. The summed E-state index contributed by atoms with van der Waals surface area (Å²) in [6, 6.07) is 16.1. The third kappa shape index (κ3) is 3.22. The van der Waals surface area contributed by atoms with E-state index in [2.05, 4.69) is 32.3 Å². The van der Waals surface area contributed by atoms with Crippen molar-refractivity contribution >= 4 is 45.0 Å². The van der Waals surface area contributed by atoms with Gasteiger partial charge in [-0.05, 0) is 37.3 Å². The molecule has 0 saturated heterocycles. The highest BCUT2D eigenvalue weighted by molar-refractivity contribution is 6.35. The molecule has 0 spiro atoms. The van der Waals surface area contributed by atoms with E-state index in [4.69, 9.17) is 27.9 Å². The van der Waals surface area contributed by atoms with Gasteiger partial charge in [0.2, 0.25) is 0 Å². The Morgan fingerprint density at radius 2 is 1.76 bits per heavy atom. The van der Waals surface area contributed by atoms with Crippen LogP contribution in [0.15, 0.2) is 60.9 Å². The smallest absolute Gasteiger partial charge is 0.124 e. The zero-order valence-corrected chi connectivity index (χ0v) is 16.9. The molecule has 5 nitrogen and oxygen atoms in total. The Labute approximate surface area is 176 Å². The third-order valence-electron chi connectivity index (χ3n) is 4.93. The predicted molar refractivity (Wildman–Crippen MR) is 117 cm³/mol. The molecule has 5 aromatic rings. The van der Waals surface area contributed by atoms with Crippen molar-refractivity contribution in [1.82, 2.24) is 20.2 Å². The second-order valence-corrected chi connectivity index (χ2v) is 7.64. The zero-order valence-electron chi connectivity index (χ0n) is 15.4. The number of benzene rings is 2. The molecule has 0 fully saturated rings. The van der Waals surface area contributed by atoms with E-state index in [1.165, 1.54) is 0 Å². The fraction of sp³-hybridized carbons (Fsp3) is 0.0909. The van der Waals surface area contributed by atoms with E-state index < -0.39 is 0 Å². The first-order valence-corrected chi connectivity index (χ1v) is 9.87. The van der Waals surface area contributed by atoms with Crippen LogP contribution < -0.4 is 4.74 Å². The summed E-state index contributed by atoms with van der Waals surface area (Å²) in [5.74, 6) is 0.702. The van der Waals surface area contributed by atoms with Crippen molar-refractivity contribution in [2.24, 2.45) is 0 Å². The molecule has 3 aromatic heterocycles. The lowest BCUT2D eigenvalue weighted by atomic mass is 10.1. The Morgan fingerprint density at radius 1 is 0.966 bits per heavy atom. The van der Waals surface area contributed by atoms with Gasteiger partial charge in [0.05, 0.1) is 21.3 Å². The summed E-state index contributed by atoms with van der Waals surface area (Å²) < 4.78 is 6.14. The van der Waals surface area contributed by atoms with E-state index in [0.717, 1.165) is 33.2 Å². The van der Waals surface area contributed by atoms with Gasteiger partial charge in [0, 0.05) is 34.2 Å². The van der Waals surface area contributed by atoms with Gasteiger partial charge in [-0.2, -0.15) is 5.10 Å². The van der Waals surface area contributed by atoms with Crippen LogP contribution in [0.25, 0.3) is 33.2 Å². The Morgan fingerprint density at radius 3 is 2.55 bits per heavy atom. The van der Waals surface area contributed by atoms with Gasteiger partial charge in [-0.15, -0.1) is 0 Å². The number of aromatic amines is 2. The highest BCUT2D eigenvalue weighted by Gasteiger charge is 2.17. The van der Waals surface area contributed by atoms with Crippen LogP contribution in [-0.4, -0.2) is 20.2 Å². The van der Waals surface area contributed by atoms with E-state index in [1.807, 2.05) is 43.3 Å². The average molecular weight is 423 g/mol. The van der Waals surface area contributed by atoms with Crippen molar-refractivity contribution in [3.05, 3.63) is 76.5 Å². The largest absolute Gasteiger partial charge is 0.486 e. The molecule has 2 N–H and O–H groups in total. The minimum Gasteiger partial charge on any atom is -0.486 e. The van der Waals surface area contributed by atoms with E-state index in [0.29, 0.717) is 21.4 Å². The van der Waals surface area contributed by atoms with Crippen molar-refractivity contribution in [1.29, 1.82) is 0 Å². The summed E-state index contributed by atoms with van der Waals surface area (Å²) in [6.45, 7) is 1.91. The van der Waals surface area contributed by atoms with Gasteiger partial charge >= 0.3 is 0 Å². The van der Waals surface area contributed by atoms with E-state index in [9.17, 15) is 0 Å². The van der Waals surface area contributed by atoms with Crippen LogP contribution in [0.5, 0.6) is 5.75 Å². The number of hydrogen-bond donors (Lipinski definition) is 2. The molecule has 0 radical (unpaired) electrons. The normalized spacial score (nSPS) is 12.5. The fourth-order valence-corrected chi connectivity index (χ4v) is 4.22. The zero-order chi connectivity index (χ0) is 20.0. The molecule has 3 heterocycles. The number of ether oxygens (including phenoxy) is 1. The number of pyridine rings is 1. The molecule has 0 bridgehead atoms. The molecule has 1 unspecified atom stereocenters. The van der Waals surface area contributed by atoms with Crippen LogP contribution in [0.1, 0.15) is 18.6 Å². The van der Waals surface area contributed by atoms with Crippen LogP contribution in [0.2, 0.25) is 10.0 Å². The van der Waals surface area contributed by atoms with Gasteiger partial charge in [-0.25, -0.2) is 0 Å². The maximum absolute atomic E-state index is 6.27. The summed E-state index contributed by atoms with van der Waals surface area (Å²) in [4.78, 5) is 7.42. The van der Waals surface area contributed by atoms with Crippen molar-refractivity contribution in [2.45, 2.75) is 13.0 Å². The van der Waals surface area contributed by atoms with Crippen LogP contribution in [-0.2, 0) is 0 Å². The molecule has 144 valence electrons. The number of aromatic nitrogens is 4. The molecular weight excluding hydrogens is 407 g/mol. The molecule has 7 heteroatoms. The molecule has 0 aliphatic heterocycles. The van der Waals surface area contributed by atoms with Crippen molar-refractivity contribution < 1.29 is 4.74 Å². The SMILES string of the molecule is CC(Oc1ccc2[nH]nc(-c3cc4ccccc4[nH]3)c2c1)c1c(Cl)cncc1Cl. The first-order chi connectivity index (χ1) is 14.1. The lowest BCUT2D eigenvalue weighted by molar-refractivity contribution is 0.227. The second-order valence-electron chi connectivity index (χ2n) is 6.83. The Hall–Kier alpha value is -3.02. The number of hydrogen-bond acceptors (Lipinski definition) is 3. The standard InChI is InChI=1S/C22H16Cl2N4O/c1-12(21-16(23)10-25-11-17(21)24)29-14-6-7-19-15(9-14)22(28-27-19)20-8-13-4-2-3-5-18(13)26-20/h2-12,26H,1H3,(H,27,28). The number of halogens is 2. The molecule has 29 heavy (non-hydrogen) atoms. The first-order valence-electron chi connectivity index (χ1n) is 9.12. The molecule has 0 saturated carbocycles. The number of nitrogens with one attached hydrogen (secondary N) is 2. The third-order valence-corrected chi connectivity index (χ3v) is 5.53. The Bertz CT molecular complexity index is 1290. The molecule has 5 rings (SSSR count). The van der Waals surface area contributed by atoms with Gasteiger partial charge in [-0.3, -0.25) is 10.1 Å². The minimum atomic E-state index is -0.334. The van der Waals surface area contributed by atoms with Crippen LogP contribution in [0.4, 0.5) is 0 Å². The molecule has 0 amide bonds. The molecule has 0 aliphatic rings. The second kappa shape index (κ2) is 7.10. The van der Waals surface area contributed by atoms with Gasteiger partial charge in [0.25, 0.3) is 0 Å². The monoisotopic (exact) mass is 422 g/mol. The maximum atomic E-state index is 6.27. The lowest BCUT2D eigenvalue weighted by Crippen LogP contribution is -2.05. The van der Waals surface area contributed by atoms with Crippen molar-refractivity contribution in [3.8, 4) is 17.1 Å². The van der Waals surface area contributed by atoms with Crippen molar-refractivity contribution in [2.75, 3.05) is 0 Å². The van der Waals surface area contributed by atoms with Crippen molar-refractivity contribution in [3.63, 3.8) is 0 Å². The number of H-pyrrole nitrogens is 2. The number of rotatable bonds is 4. The van der Waals surface area contributed by atoms with Crippen LogP contribution in [0.3, 0.4) is 0 Å². The van der Waals surface area contributed by atoms with Gasteiger partial charge in [0.15, 0.2) is 0 Å².